The molecule has 0 spiro atoms. The molecule has 1 aromatic heterocycles. The van der Waals surface area contributed by atoms with Gasteiger partial charge < -0.3 is 9.84 Å². The summed E-state index contributed by atoms with van der Waals surface area (Å²) in [5.41, 5.74) is -0.789. The van der Waals surface area contributed by atoms with Crippen molar-refractivity contribution >= 4 is 5.97 Å². The molecule has 1 aromatic rings. The molecule has 0 amide bonds. The number of carbonyl (C=O) groups is 1. The number of aromatic nitrogens is 1. The molecule has 1 aliphatic rings. The van der Waals surface area contributed by atoms with Gasteiger partial charge >= 0.3 is 12.6 Å². The van der Waals surface area contributed by atoms with E-state index in [0.717, 1.165) is 6.20 Å². The van der Waals surface area contributed by atoms with Gasteiger partial charge in [0.25, 0.3) is 0 Å². The summed E-state index contributed by atoms with van der Waals surface area (Å²) in [4.78, 5) is 14.7. The van der Waals surface area contributed by atoms with Crippen LogP contribution in [0, 0.1) is 0 Å². The number of hydrogen-bond acceptors (Lipinski definition) is 3. The standard InChI is InChI=1S/C10H9F2NO3/c11-9(12)16-7-5-13-4-1-6(7)10(2-3-10)8(14)15/h1,4-5,9H,2-3H2,(H,14,15). The Morgan fingerprint density at radius 1 is 1.56 bits per heavy atom. The van der Waals surface area contributed by atoms with E-state index in [-0.39, 0.29) is 11.3 Å². The molecule has 0 aliphatic heterocycles. The van der Waals surface area contributed by atoms with Crippen LogP contribution in [0.3, 0.4) is 0 Å². The first kappa shape index (κ1) is 10.8. The van der Waals surface area contributed by atoms with Crippen LogP contribution in [-0.4, -0.2) is 22.7 Å². The fraction of sp³-hybridized carbons (Fsp3) is 0.400. The minimum Gasteiger partial charge on any atom is -0.481 e. The van der Waals surface area contributed by atoms with E-state index in [2.05, 4.69) is 9.72 Å². The van der Waals surface area contributed by atoms with E-state index < -0.39 is 18.0 Å². The van der Waals surface area contributed by atoms with E-state index in [1.807, 2.05) is 0 Å². The van der Waals surface area contributed by atoms with E-state index in [1.165, 1.54) is 12.3 Å². The van der Waals surface area contributed by atoms with Gasteiger partial charge in [0.2, 0.25) is 0 Å². The number of pyridine rings is 1. The summed E-state index contributed by atoms with van der Waals surface area (Å²) in [5, 5.41) is 9.05. The molecule has 2 rings (SSSR count). The maximum absolute atomic E-state index is 12.1. The number of nitrogens with zero attached hydrogens (tertiary/aromatic N) is 1. The van der Waals surface area contributed by atoms with Crippen LogP contribution in [0.1, 0.15) is 18.4 Å². The molecule has 16 heavy (non-hydrogen) atoms. The molecule has 1 saturated carbocycles. The van der Waals surface area contributed by atoms with E-state index >= 15 is 0 Å². The smallest absolute Gasteiger partial charge is 0.387 e. The van der Waals surface area contributed by atoms with E-state index in [0.29, 0.717) is 12.8 Å². The molecule has 0 unspecified atom stereocenters. The number of alkyl halides is 2. The first-order valence-corrected chi connectivity index (χ1v) is 4.69. The van der Waals surface area contributed by atoms with Crippen molar-refractivity contribution in [3.8, 4) is 5.75 Å². The summed E-state index contributed by atoms with van der Waals surface area (Å²) in [6.07, 6.45) is 3.36. The van der Waals surface area contributed by atoms with Crippen LogP contribution < -0.4 is 4.74 Å². The normalized spacial score (nSPS) is 17.2. The van der Waals surface area contributed by atoms with Crippen LogP contribution in [0.25, 0.3) is 0 Å². The second-order valence-corrected chi connectivity index (χ2v) is 3.64. The Morgan fingerprint density at radius 3 is 2.75 bits per heavy atom. The van der Waals surface area contributed by atoms with Crippen LogP contribution in [-0.2, 0) is 10.2 Å². The highest BCUT2D eigenvalue weighted by Gasteiger charge is 2.53. The Balaban J connectivity index is 2.37. The number of carboxylic acid groups (broad SMARTS) is 1. The number of ether oxygens (including phenoxy) is 1. The van der Waals surface area contributed by atoms with Crippen LogP contribution in [0.4, 0.5) is 8.78 Å². The van der Waals surface area contributed by atoms with E-state index in [9.17, 15) is 13.6 Å². The summed E-state index contributed by atoms with van der Waals surface area (Å²) in [7, 11) is 0. The molecule has 0 saturated heterocycles. The van der Waals surface area contributed by atoms with Gasteiger partial charge in [-0.2, -0.15) is 8.78 Å². The number of rotatable bonds is 4. The summed E-state index contributed by atoms with van der Waals surface area (Å²) < 4.78 is 28.5. The third-order valence-electron chi connectivity index (χ3n) is 2.68. The minimum atomic E-state index is -2.98. The molecule has 86 valence electrons. The summed E-state index contributed by atoms with van der Waals surface area (Å²) in [6, 6.07) is 1.42. The maximum Gasteiger partial charge on any atom is 0.387 e. The highest BCUT2D eigenvalue weighted by Crippen LogP contribution is 2.51. The third kappa shape index (κ3) is 1.70. The Morgan fingerprint density at radius 2 is 2.25 bits per heavy atom. The fourth-order valence-electron chi connectivity index (χ4n) is 1.69. The monoisotopic (exact) mass is 229 g/mol. The molecule has 4 nitrogen and oxygen atoms in total. The first-order valence-electron chi connectivity index (χ1n) is 4.69. The average Bonchev–Trinajstić information content (AvgIpc) is 2.98. The minimum absolute atomic E-state index is 0.155. The van der Waals surface area contributed by atoms with Crippen molar-refractivity contribution in [2.24, 2.45) is 0 Å². The Bertz CT molecular complexity index is 418. The molecule has 0 atom stereocenters. The van der Waals surface area contributed by atoms with Gasteiger partial charge in [0, 0.05) is 11.8 Å². The van der Waals surface area contributed by atoms with Gasteiger partial charge in [-0.1, -0.05) is 0 Å². The Kier molecular flexibility index (Phi) is 2.49. The highest BCUT2D eigenvalue weighted by atomic mass is 19.3. The van der Waals surface area contributed by atoms with Gasteiger partial charge in [0.05, 0.1) is 11.6 Å². The largest absolute Gasteiger partial charge is 0.481 e. The third-order valence-corrected chi connectivity index (χ3v) is 2.68. The van der Waals surface area contributed by atoms with Crippen LogP contribution in [0.5, 0.6) is 5.75 Å². The Labute approximate surface area is 89.9 Å². The number of hydrogen-bond donors (Lipinski definition) is 1. The highest BCUT2D eigenvalue weighted by molar-refractivity contribution is 5.85. The molecule has 1 heterocycles. The topological polar surface area (TPSA) is 59.4 Å². The zero-order valence-corrected chi connectivity index (χ0v) is 8.19. The second kappa shape index (κ2) is 3.70. The van der Waals surface area contributed by atoms with Crippen molar-refractivity contribution in [1.82, 2.24) is 4.98 Å². The fourth-order valence-corrected chi connectivity index (χ4v) is 1.69. The quantitative estimate of drug-likeness (QED) is 0.855. The summed E-state index contributed by atoms with van der Waals surface area (Å²) >= 11 is 0. The van der Waals surface area contributed by atoms with Crippen molar-refractivity contribution in [3.05, 3.63) is 24.0 Å². The SMILES string of the molecule is O=C(O)C1(c2ccncc2OC(F)F)CC1. The molecular weight excluding hydrogens is 220 g/mol. The molecule has 6 heteroatoms. The summed E-state index contributed by atoms with van der Waals surface area (Å²) in [5.74, 6) is -1.17. The van der Waals surface area contributed by atoms with Crippen molar-refractivity contribution in [2.45, 2.75) is 24.9 Å². The van der Waals surface area contributed by atoms with Crippen molar-refractivity contribution in [2.75, 3.05) is 0 Å². The molecule has 0 radical (unpaired) electrons. The van der Waals surface area contributed by atoms with Gasteiger partial charge in [-0.25, -0.2) is 0 Å². The molecular formula is C10H9F2NO3. The van der Waals surface area contributed by atoms with Crippen LogP contribution in [0.15, 0.2) is 18.5 Å². The number of aliphatic carboxylic acids is 1. The molecule has 1 aliphatic carbocycles. The molecule has 1 fully saturated rings. The van der Waals surface area contributed by atoms with Crippen molar-refractivity contribution in [1.29, 1.82) is 0 Å². The van der Waals surface area contributed by atoms with Crippen molar-refractivity contribution in [3.63, 3.8) is 0 Å². The lowest BCUT2D eigenvalue weighted by molar-refractivity contribution is -0.140. The average molecular weight is 229 g/mol. The predicted octanol–water partition coefficient (Wildman–Crippen LogP) is 1.80. The van der Waals surface area contributed by atoms with Crippen molar-refractivity contribution < 1.29 is 23.4 Å². The van der Waals surface area contributed by atoms with Gasteiger partial charge in [0.15, 0.2) is 0 Å². The molecule has 1 N–H and O–H groups in total. The zero-order chi connectivity index (χ0) is 11.8. The first-order chi connectivity index (χ1) is 7.56. The van der Waals surface area contributed by atoms with Crippen LogP contribution in [0.2, 0.25) is 0 Å². The Hall–Kier alpha value is -1.72. The predicted molar refractivity (Wildman–Crippen MR) is 49.4 cm³/mol. The van der Waals surface area contributed by atoms with Gasteiger partial charge in [-0.3, -0.25) is 9.78 Å². The number of halogens is 2. The summed E-state index contributed by atoms with van der Waals surface area (Å²) in [6.45, 7) is -2.98. The lowest BCUT2D eigenvalue weighted by Crippen LogP contribution is -2.21. The van der Waals surface area contributed by atoms with Gasteiger partial charge in [-0.05, 0) is 18.9 Å². The zero-order valence-electron chi connectivity index (χ0n) is 8.19. The number of carboxylic acids is 1. The second-order valence-electron chi connectivity index (χ2n) is 3.64. The molecule has 0 bridgehead atoms. The molecule has 0 aromatic carbocycles. The lowest BCUT2D eigenvalue weighted by Gasteiger charge is -2.14. The van der Waals surface area contributed by atoms with E-state index in [1.54, 1.807) is 0 Å². The maximum atomic E-state index is 12.1. The lowest BCUT2D eigenvalue weighted by atomic mass is 9.96. The van der Waals surface area contributed by atoms with E-state index in [4.69, 9.17) is 5.11 Å². The van der Waals surface area contributed by atoms with Gasteiger partial charge in [0.1, 0.15) is 5.75 Å². The van der Waals surface area contributed by atoms with Gasteiger partial charge in [-0.15, -0.1) is 0 Å². The van der Waals surface area contributed by atoms with Crippen LogP contribution >= 0.6 is 0 Å².